The first-order chi connectivity index (χ1) is 18.8. The Morgan fingerprint density at radius 1 is 0.949 bits per heavy atom. The highest BCUT2D eigenvalue weighted by atomic mass is 16.7. The molecule has 2 aliphatic heterocycles. The molecule has 2 saturated heterocycles. The quantitative estimate of drug-likeness (QED) is 0.0890. The normalized spacial score (nSPS) is 28.9. The van der Waals surface area contributed by atoms with Crippen molar-refractivity contribution < 1.29 is 34.0 Å². The smallest absolute Gasteiger partial charge is 0.374 e. The highest BCUT2D eigenvalue weighted by Gasteiger charge is 2.33. The number of ether oxygens (including phenoxy) is 4. The van der Waals surface area contributed by atoms with Crippen molar-refractivity contribution in [2.24, 2.45) is 17.3 Å². The lowest BCUT2D eigenvalue weighted by atomic mass is 9.82. The van der Waals surface area contributed by atoms with Crippen molar-refractivity contribution in [2.75, 3.05) is 13.2 Å². The highest BCUT2D eigenvalue weighted by molar-refractivity contribution is 5.84. The van der Waals surface area contributed by atoms with Crippen LogP contribution in [0.2, 0.25) is 0 Å². The van der Waals surface area contributed by atoms with Gasteiger partial charge in [0.05, 0.1) is 19.3 Å². The number of carboxylic acid groups (broad SMARTS) is 1. The molecule has 39 heavy (non-hydrogen) atoms. The van der Waals surface area contributed by atoms with Gasteiger partial charge < -0.3 is 29.2 Å². The zero-order valence-corrected chi connectivity index (χ0v) is 24.7. The molecule has 7 heteroatoms. The predicted octanol–water partition coefficient (Wildman–Crippen LogP) is 7.48. The van der Waals surface area contributed by atoms with E-state index in [2.05, 4.69) is 32.9 Å². The van der Waals surface area contributed by atoms with Crippen LogP contribution in [0.15, 0.2) is 23.7 Å². The van der Waals surface area contributed by atoms with E-state index < -0.39 is 18.5 Å². The van der Waals surface area contributed by atoms with Gasteiger partial charge in [0.25, 0.3) is 0 Å². The highest BCUT2D eigenvalue weighted by Crippen LogP contribution is 2.38. The molecule has 3 rings (SSSR count). The number of aliphatic carboxylic acids is 1. The van der Waals surface area contributed by atoms with Crippen molar-refractivity contribution in [3.63, 3.8) is 0 Å². The number of carbonyl (C=O) groups is 1. The summed E-state index contributed by atoms with van der Waals surface area (Å²) in [7, 11) is 0. The molecule has 1 saturated carbocycles. The van der Waals surface area contributed by atoms with Gasteiger partial charge in [-0.05, 0) is 81.5 Å². The van der Waals surface area contributed by atoms with E-state index in [1.165, 1.54) is 19.3 Å². The summed E-state index contributed by atoms with van der Waals surface area (Å²) in [6.45, 7) is 8.13. The van der Waals surface area contributed by atoms with Crippen molar-refractivity contribution in [1.82, 2.24) is 0 Å². The Kier molecular flexibility index (Phi) is 13.6. The van der Waals surface area contributed by atoms with E-state index in [4.69, 9.17) is 18.9 Å². The van der Waals surface area contributed by atoms with Crippen LogP contribution >= 0.6 is 0 Å². The Labute approximate surface area is 236 Å². The van der Waals surface area contributed by atoms with Crippen LogP contribution in [0.3, 0.4) is 0 Å². The monoisotopic (exact) mass is 550 g/mol. The fraction of sp³-hybridized carbons (Fsp3) is 0.844. The minimum absolute atomic E-state index is 0.150. The molecule has 0 aromatic carbocycles. The fourth-order valence-corrected chi connectivity index (χ4v) is 6.07. The second-order valence-corrected chi connectivity index (χ2v) is 12.5. The largest absolute Gasteiger partial charge is 0.475 e. The average Bonchev–Trinajstić information content (AvgIpc) is 3.27. The number of aliphatic hydroxyl groups excluding tert-OH is 1. The first kappa shape index (κ1) is 32.0. The van der Waals surface area contributed by atoms with E-state index in [1.54, 1.807) is 0 Å². The number of rotatable bonds is 16. The molecule has 0 spiro atoms. The summed E-state index contributed by atoms with van der Waals surface area (Å²) in [6.07, 6.45) is 18.5. The fourth-order valence-electron chi connectivity index (χ4n) is 6.07. The number of carboxylic acids is 1. The minimum Gasteiger partial charge on any atom is -0.475 e. The van der Waals surface area contributed by atoms with E-state index in [1.807, 2.05) is 0 Å². The van der Waals surface area contributed by atoms with Crippen molar-refractivity contribution in [3.05, 3.63) is 23.7 Å². The van der Waals surface area contributed by atoms with E-state index in [-0.39, 0.29) is 17.8 Å². The van der Waals surface area contributed by atoms with Crippen LogP contribution in [0.5, 0.6) is 0 Å². The summed E-state index contributed by atoms with van der Waals surface area (Å²) in [4.78, 5) is 12.2. The molecule has 3 aliphatic rings. The van der Waals surface area contributed by atoms with Crippen LogP contribution in [0, 0.1) is 17.3 Å². The summed E-state index contributed by atoms with van der Waals surface area (Å²) in [5.74, 6) is -0.274. The van der Waals surface area contributed by atoms with Crippen LogP contribution in [0.1, 0.15) is 124 Å². The van der Waals surface area contributed by atoms with Gasteiger partial charge >= 0.3 is 5.97 Å². The molecular formula is C32H54O7. The molecule has 2 unspecified atom stereocenters. The SMILES string of the molecule is CCCCC(C)(C)C/C=C/[C@H]1CC[C@H](O)[C@@H]1CCCC/C(OC1CCCCO1)=C(\OC1CCCCO1)C(=O)O. The van der Waals surface area contributed by atoms with Gasteiger partial charge in [0.1, 0.15) is 5.76 Å². The Morgan fingerprint density at radius 2 is 1.64 bits per heavy atom. The van der Waals surface area contributed by atoms with Gasteiger partial charge in [0.15, 0.2) is 12.6 Å². The van der Waals surface area contributed by atoms with Gasteiger partial charge in [0.2, 0.25) is 5.76 Å². The molecule has 0 aromatic rings. The van der Waals surface area contributed by atoms with Gasteiger partial charge in [0, 0.05) is 19.3 Å². The maximum atomic E-state index is 12.2. The van der Waals surface area contributed by atoms with Gasteiger partial charge in [-0.25, -0.2) is 4.79 Å². The Balaban J connectivity index is 1.57. The van der Waals surface area contributed by atoms with E-state index in [9.17, 15) is 15.0 Å². The molecule has 0 radical (unpaired) electrons. The molecule has 0 amide bonds. The molecule has 5 atom stereocenters. The number of allylic oxidation sites excluding steroid dienone is 3. The topological polar surface area (TPSA) is 94.5 Å². The molecule has 224 valence electrons. The maximum absolute atomic E-state index is 12.2. The Morgan fingerprint density at radius 3 is 2.26 bits per heavy atom. The number of hydrogen-bond acceptors (Lipinski definition) is 6. The van der Waals surface area contributed by atoms with Crippen LogP contribution in [0.4, 0.5) is 0 Å². The van der Waals surface area contributed by atoms with E-state index in [0.717, 1.165) is 70.6 Å². The first-order valence-corrected chi connectivity index (χ1v) is 15.7. The zero-order valence-electron chi connectivity index (χ0n) is 24.7. The van der Waals surface area contributed by atoms with Crippen LogP contribution in [-0.4, -0.2) is 48.1 Å². The summed E-state index contributed by atoms with van der Waals surface area (Å²) in [5.41, 5.74) is 0.316. The van der Waals surface area contributed by atoms with Gasteiger partial charge in [-0.3, -0.25) is 0 Å². The molecule has 1 aliphatic carbocycles. The number of aliphatic hydroxyl groups is 1. The van der Waals surface area contributed by atoms with Crippen LogP contribution < -0.4 is 0 Å². The third-order valence-corrected chi connectivity index (χ3v) is 8.54. The lowest BCUT2D eigenvalue weighted by Gasteiger charge is -2.28. The zero-order chi connectivity index (χ0) is 28.1. The summed E-state index contributed by atoms with van der Waals surface area (Å²) in [6, 6.07) is 0. The lowest BCUT2D eigenvalue weighted by molar-refractivity contribution is -0.170. The standard InChI is InChI=1S/C32H54O7/c1-4-5-20-32(2,3)21-12-13-24-18-19-26(33)25(24)14-6-7-15-27(38-28-16-8-10-22-36-28)30(31(34)35)39-29-17-9-11-23-37-29/h12-13,24-26,28-29,33H,4-11,14-23H2,1-3H3,(H,34,35)/b13-12+,30-27+/t24-,25+,26-,28?,29?/m0/s1. The van der Waals surface area contributed by atoms with Crippen molar-refractivity contribution in [1.29, 1.82) is 0 Å². The van der Waals surface area contributed by atoms with Gasteiger partial charge in [-0.1, -0.05) is 52.2 Å². The average molecular weight is 551 g/mol. The third-order valence-electron chi connectivity index (χ3n) is 8.54. The molecular weight excluding hydrogens is 496 g/mol. The molecule has 0 aromatic heterocycles. The maximum Gasteiger partial charge on any atom is 0.374 e. The van der Waals surface area contributed by atoms with Gasteiger partial charge in [-0.15, -0.1) is 0 Å². The second-order valence-electron chi connectivity index (χ2n) is 12.5. The minimum atomic E-state index is -1.13. The van der Waals surface area contributed by atoms with Crippen molar-refractivity contribution in [2.45, 2.75) is 142 Å². The number of hydrogen-bond donors (Lipinski definition) is 2. The Hall–Kier alpha value is -1.57. The predicted molar refractivity (Wildman–Crippen MR) is 152 cm³/mol. The van der Waals surface area contributed by atoms with Crippen molar-refractivity contribution in [3.8, 4) is 0 Å². The summed E-state index contributed by atoms with van der Waals surface area (Å²) >= 11 is 0. The molecule has 2 heterocycles. The lowest BCUT2D eigenvalue weighted by Crippen LogP contribution is -2.27. The molecule has 2 N–H and O–H groups in total. The molecule has 7 nitrogen and oxygen atoms in total. The first-order valence-electron chi connectivity index (χ1n) is 15.7. The van der Waals surface area contributed by atoms with E-state index in [0.29, 0.717) is 43.1 Å². The second kappa shape index (κ2) is 16.6. The van der Waals surface area contributed by atoms with Crippen LogP contribution in [0.25, 0.3) is 0 Å². The number of unbranched alkanes of at least 4 members (excludes halogenated alkanes) is 2. The molecule has 3 fully saturated rings. The summed E-state index contributed by atoms with van der Waals surface area (Å²) < 4.78 is 23.4. The Bertz CT molecular complexity index is 777. The van der Waals surface area contributed by atoms with Crippen molar-refractivity contribution >= 4 is 5.97 Å². The van der Waals surface area contributed by atoms with E-state index >= 15 is 0 Å². The molecule has 0 bridgehead atoms. The summed E-state index contributed by atoms with van der Waals surface area (Å²) in [5, 5.41) is 20.7. The third kappa shape index (κ3) is 11.1. The van der Waals surface area contributed by atoms with Crippen LogP contribution in [-0.2, 0) is 23.7 Å². The van der Waals surface area contributed by atoms with Gasteiger partial charge in [-0.2, -0.15) is 0 Å².